The minimum atomic E-state index is -2.36. The summed E-state index contributed by atoms with van der Waals surface area (Å²) < 4.78 is 25.8. The number of hydrogen-bond donors (Lipinski definition) is 3. The molecule has 5 aromatic rings. The first-order valence-electron chi connectivity index (χ1n) is 13.7. The quantitative estimate of drug-likeness (QED) is 0.175. The second kappa shape index (κ2) is 11.1. The van der Waals surface area contributed by atoms with Crippen molar-refractivity contribution in [2.24, 2.45) is 0 Å². The summed E-state index contributed by atoms with van der Waals surface area (Å²) in [5.74, 6) is -2.20. The molecule has 0 saturated carbocycles. The van der Waals surface area contributed by atoms with Crippen LogP contribution in [0.1, 0.15) is 16.7 Å². The van der Waals surface area contributed by atoms with Gasteiger partial charge in [-0.15, -0.1) is 0 Å². The Morgan fingerprint density at radius 3 is 1.79 bits per heavy atom. The Morgan fingerprint density at radius 1 is 0.814 bits per heavy atom. The standard InChI is InChI=1S/C32H33N5O6/c1-40-26-25(38)27(32(39,41-2)42-3)43-31(26,37-20-36-24-28(33)34-19-35-29(24)37)30(21-13-7-4-8-14-21,22-15-9-5-10-16-22)23-17-11-6-12-18-23/h4-20,25-27,38-39H,1-3H3,(H2,33,34,35)/t25-,26+,27-,31-/m0/s1. The van der Waals surface area contributed by atoms with E-state index in [1.807, 2.05) is 91.0 Å². The number of imidazole rings is 1. The van der Waals surface area contributed by atoms with E-state index in [0.29, 0.717) is 11.2 Å². The lowest BCUT2D eigenvalue weighted by atomic mass is 9.60. The molecule has 6 rings (SSSR count). The van der Waals surface area contributed by atoms with Crippen molar-refractivity contribution in [3.8, 4) is 0 Å². The highest BCUT2D eigenvalue weighted by molar-refractivity contribution is 5.81. The molecule has 0 amide bonds. The van der Waals surface area contributed by atoms with Crippen LogP contribution >= 0.6 is 0 Å². The molecule has 2 aromatic heterocycles. The van der Waals surface area contributed by atoms with Crippen molar-refractivity contribution in [1.29, 1.82) is 0 Å². The minimum absolute atomic E-state index is 0.165. The third-order valence-electron chi connectivity index (χ3n) is 8.39. The molecule has 1 aliphatic heterocycles. The van der Waals surface area contributed by atoms with Crippen LogP contribution in [0.15, 0.2) is 104 Å². The maximum absolute atomic E-state index is 12.1. The lowest BCUT2D eigenvalue weighted by molar-refractivity contribution is -0.396. The molecular formula is C32H33N5O6. The molecule has 11 nitrogen and oxygen atoms in total. The molecule has 11 heteroatoms. The van der Waals surface area contributed by atoms with Crippen molar-refractivity contribution in [2.45, 2.75) is 35.4 Å². The van der Waals surface area contributed by atoms with Gasteiger partial charge in [-0.25, -0.2) is 15.0 Å². The number of ether oxygens (including phenoxy) is 4. The van der Waals surface area contributed by atoms with E-state index in [0.717, 1.165) is 16.7 Å². The zero-order valence-corrected chi connectivity index (χ0v) is 23.9. The highest BCUT2D eigenvalue weighted by Crippen LogP contribution is 2.59. The van der Waals surface area contributed by atoms with E-state index in [1.165, 1.54) is 27.7 Å². The number of nitrogens with two attached hydrogens (primary N) is 1. The lowest BCUT2D eigenvalue weighted by Crippen LogP contribution is -2.62. The molecule has 1 aliphatic rings. The van der Waals surface area contributed by atoms with Gasteiger partial charge < -0.3 is 34.9 Å². The number of nitrogen functional groups attached to an aromatic ring is 1. The molecule has 222 valence electrons. The summed E-state index contributed by atoms with van der Waals surface area (Å²) in [7, 11) is 4.00. The van der Waals surface area contributed by atoms with Gasteiger partial charge in [-0.2, -0.15) is 0 Å². The highest BCUT2D eigenvalue weighted by Gasteiger charge is 2.72. The molecule has 4 atom stereocenters. The normalized spacial score (nSPS) is 22.7. The van der Waals surface area contributed by atoms with Gasteiger partial charge in [0, 0.05) is 21.3 Å². The molecule has 0 aliphatic carbocycles. The number of fused-ring (bicyclic) bond motifs is 1. The molecule has 1 fully saturated rings. The molecule has 1 saturated heterocycles. The fourth-order valence-corrected chi connectivity index (χ4v) is 6.58. The van der Waals surface area contributed by atoms with E-state index in [-0.39, 0.29) is 5.82 Å². The van der Waals surface area contributed by atoms with Crippen LogP contribution in [-0.4, -0.2) is 75.3 Å². The van der Waals surface area contributed by atoms with Crippen molar-refractivity contribution in [3.05, 3.63) is 120 Å². The first kappa shape index (κ1) is 28.9. The van der Waals surface area contributed by atoms with Crippen LogP contribution < -0.4 is 5.73 Å². The summed E-state index contributed by atoms with van der Waals surface area (Å²) in [4.78, 5) is 13.3. The van der Waals surface area contributed by atoms with Gasteiger partial charge in [0.1, 0.15) is 24.1 Å². The van der Waals surface area contributed by atoms with Gasteiger partial charge in [0.2, 0.25) is 0 Å². The van der Waals surface area contributed by atoms with E-state index in [9.17, 15) is 10.2 Å². The van der Waals surface area contributed by atoms with Crippen molar-refractivity contribution < 1.29 is 29.2 Å². The molecule has 0 bridgehead atoms. The first-order valence-corrected chi connectivity index (χ1v) is 13.7. The molecular weight excluding hydrogens is 550 g/mol. The third kappa shape index (κ3) is 4.08. The Balaban J connectivity index is 1.85. The number of aromatic nitrogens is 4. The van der Waals surface area contributed by atoms with Gasteiger partial charge in [-0.1, -0.05) is 91.0 Å². The summed E-state index contributed by atoms with van der Waals surface area (Å²) in [6.07, 6.45) is -1.26. The summed E-state index contributed by atoms with van der Waals surface area (Å²) in [5.41, 5.74) is 6.26. The van der Waals surface area contributed by atoms with Crippen LogP contribution in [0, 0.1) is 0 Å². The van der Waals surface area contributed by atoms with Crippen molar-refractivity contribution >= 4 is 17.0 Å². The van der Waals surface area contributed by atoms with Gasteiger partial charge in [-0.3, -0.25) is 4.57 Å². The number of aliphatic hydroxyl groups excluding tert-OH is 1. The molecule has 0 unspecified atom stereocenters. The molecule has 0 spiro atoms. The summed E-state index contributed by atoms with van der Waals surface area (Å²) >= 11 is 0. The largest absolute Gasteiger partial charge is 0.387 e. The Kier molecular flexibility index (Phi) is 7.46. The number of anilines is 1. The Hall–Kier alpha value is -4.23. The number of nitrogens with zero attached hydrogens (tertiary/aromatic N) is 4. The van der Waals surface area contributed by atoms with E-state index in [1.54, 1.807) is 10.9 Å². The fourth-order valence-electron chi connectivity index (χ4n) is 6.58. The Bertz CT molecular complexity index is 1590. The van der Waals surface area contributed by atoms with E-state index < -0.39 is 35.4 Å². The molecule has 4 N–H and O–H groups in total. The van der Waals surface area contributed by atoms with E-state index in [4.69, 9.17) is 24.7 Å². The van der Waals surface area contributed by atoms with E-state index >= 15 is 0 Å². The van der Waals surface area contributed by atoms with Crippen molar-refractivity contribution in [3.63, 3.8) is 0 Å². The average Bonchev–Trinajstić information content (AvgIpc) is 3.63. The van der Waals surface area contributed by atoms with Crippen LogP contribution in [-0.2, 0) is 30.1 Å². The van der Waals surface area contributed by atoms with Gasteiger partial charge in [0.25, 0.3) is 0 Å². The maximum Gasteiger partial charge on any atom is 0.310 e. The highest BCUT2D eigenvalue weighted by atomic mass is 16.8. The molecule has 0 radical (unpaired) electrons. The molecule has 43 heavy (non-hydrogen) atoms. The Morgan fingerprint density at radius 2 is 1.33 bits per heavy atom. The van der Waals surface area contributed by atoms with Crippen LogP contribution in [0.25, 0.3) is 11.2 Å². The topological polar surface area (TPSA) is 147 Å². The smallest absolute Gasteiger partial charge is 0.310 e. The van der Waals surface area contributed by atoms with Crippen LogP contribution in [0.4, 0.5) is 5.82 Å². The zero-order chi connectivity index (χ0) is 30.2. The number of benzene rings is 3. The molecule has 3 heterocycles. The maximum atomic E-state index is 12.1. The zero-order valence-electron chi connectivity index (χ0n) is 23.9. The van der Waals surface area contributed by atoms with Crippen LogP contribution in [0.5, 0.6) is 0 Å². The second-order valence-corrected chi connectivity index (χ2v) is 10.3. The minimum Gasteiger partial charge on any atom is -0.387 e. The van der Waals surface area contributed by atoms with E-state index in [2.05, 4.69) is 15.0 Å². The monoisotopic (exact) mass is 583 g/mol. The summed E-state index contributed by atoms with van der Waals surface area (Å²) in [6, 6.07) is 29.3. The summed E-state index contributed by atoms with van der Waals surface area (Å²) in [5, 5.41) is 23.6. The number of rotatable bonds is 9. The number of methoxy groups -OCH3 is 3. The second-order valence-electron chi connectivity index (χ2n) is 10.3. The van der Waals surface area contributed by atoms with Crippen LogP contribution in [0.3, 0.4) is 0 Å². The predicted octanol–water partition coefficient (Wildman–Crippen LogP) is 2.81. The average molecular weight is 584 g/mol. The lowest BCUT2D eigenvalue weighted by Gasteiger charge is -2.52. The van der Waals surface area contributed by atoms with Crippen molar-refractivity contribution in [1.82, 2.24) is 19.5 Å². The molecule has 3 aromatic carbocycles. The summed E-state index contributed by atoms with van der Waals surface area (Å²) in [6.45, 7) is 0. The predicted molar refractivity (Wildman–Crippen MR) is 158 cm³/mol. The fraction of sp³-hybridized carbons (Fsp3) is 0.281. The number of hydrogen-bond acceptors (Lipinski definition) is 10. The van der Waals surface area contributed by atoms with Gasteiger partial charge >= 0.3 is 5.97 Å². The van der Waals surface area contributed by atoms with Crippen molar-refractivity contribution in [2.75, 3.05) is 27.1 Å². The van der Waals surface area contributed by atoms with Gasteiger partial charge in [0.05, 0.1) is 11.7 Å². The van der Waals surface area contributed by atoms with Crippen LogP contribution in [0.2, 0.25) is 0 Å². The van der Waals surface area contributed by atoms with Gasteiger partial charge in [-0.05, 0) is 16.7 Å². The first-order chi connectivity index (χ1) is 20.9. The van der Waals surface area contributed by atoms with Gasteiger partial charge in [0.15, 0.2) is 23.3 Å². The Labute approximate surface area is 248 Å². The SMILES string of the molecule is CO[C@@H]1[C@H](O)[C@@H](C(O)(OC)OC)O[C@]1(n1cnc2c(N)ncnc21)C(c1ccccc1)(c1ccccc1)c1ccccc1. The number of aliphatic hydroxyl groups is 2. The third-order valence-corrected chi connectivity index (χ3v) is 8.39.